The molecule has 1 aromatic rings. The molecule has 2 amide bonds. The molecule has 1 aliphatic rings. The van der Waals surface area contributed by atoms with Crippen LogP contribution in [-0.4, -0.2) is 30.9 Å². The van der Waals surface area contributed by atoms with Gasteiger partial charge in [0.2, 0.25) is 11.8 Å². The molecule has 1 atom stereocenters. The monoisotopic (exact) mass is 275 g/mol. The summed E-state index contributed by atoms with van der Waals surface area (Å²) in [5.41, 5.74) is 7.70. The van der Waals surface area contributed by atoms with Crippen molar-refractivity contribution in [1.29, 1.82) is 0 Å². The Balaban J connectivity index is 1.95. The predicted molar refractivity (Wildman–Crippen MR) is 78.4 cm³/mol. The first kappa shape index (κ1) is 14.5. The number of nitrogens with one attached hydrogen (secondary N) is 1. The molecule has 1 heterocycles. The van der Waals surface area contributed by atoms with Crippen LogP contribution in [0.25, 0.3) is 0 Å². The molecule has 0 aliphatic carbocycles. The summed E-state index contributed by atoms with van der Waals surface area (Å²) in [6.07, 6.45) is 2.19. The van der Waals surface area contributed by atoms with E-state index in [0.29, 0.717) is 6.54 Å². The summed E-state index contributed by atoms with van der Waals surface area (Å²) in [6, 6.07) is 7.72. The van der Waals surface area contributed by atoms with Gasteiger partial charge in [-0.05, 0) is 31.4 Å². The molecular formula is C15H21N3O2. The van der Waals surface area contributed by atoms with Crippen LogP contribution in [0.15, 0.2) is 24.3 Å². The Morgan fingerprint density at radius 2 is 2.15 bits per heavy atom. The van der Waals surface area contributed by atoms with Crippen molar-refractivity contribution >= 4 is 17.5 Å². The maximum Gasteiger partial charge on any atom is 0.246 e. The fraction of sp³-hybridized carbons (Fsp3) is 0.467. The van der Waals surface area contributed by atoms with Gasteiger partial charge in [-0.3, -0.25) is 9.59 Å². The van der Waals surface area contributed by atoms with Crippen molar-refractivity contribution in [2.24, 2.45) is 5.73 Å². The Morgan fingerprint density at radius 1 is 1.40 bits per heavy atom. The molecular weight excluding hydrogens is 254 g/mol. The fourth-order valence-electron chi connectivity index (χ4n) is 2.43. The SMILES string of the molecule is CC(N)CC(=O)NCC(=O)N1CCCc2ccccc21. The molecule has 0 saturated carbocycles. The van der Waals surface area contributed by atoms with Crippen LogP contribution in [0.1, 0.15) is 25.3 Å². The maximum absolute atomic E-state index is 12.2. The van der Waals surface area contributed by atoms with Gasteiger partial charge in [0.1, 0.15) is 0 Å². The Kier molecular flexibility index (Phi) is 4.74. The Morgan fingerprint density at radius 3 is 2.90 bits per heavy atom. The van der Waals surface area contributed by atoms with E-state index in [-0.39, 0.29) is 30.8 Å². The van der Waals surface area contributed by atoms with Gasteiger partial charge in [0.25, 0.3) is 0 Å². The van der Waals surface area contributed by atoms with Gasteiger partial charge < -0.3 is 16.0 Å². The Hall–Kier alpha value is -1.88. The summed E-state index contributed by atoms with van der Waals surface area (Å²) in [5.74, 6) is -0.256. The van der Waals surface area contributed by atoms with Crippen LogP contribution >= 0.6 is 0 Å². The number of fused-ring (bicyclic) bond motifs is 1. The van der Waals surface area contributed by atoms with E-state index in [2.05, 4.69) is 5.32 Å². The first-order chi connectivity index (χ1) is 9.58. The molecule has 20 heavy (non-hydrogen) atoms. The van der Waals surface area contributed by atoms with Crippen molar-refractivity contribution in [3.63, 3.8) is 0 Å². The van der Waals surface area contributed by atoms with Crippen LogP contribution in [0.2, 0.25) is 0 Å². The fourth-order valence-corrected chi connectivity index (χ4v) is 2.43. The molecule has 1 unspecified atom stereocenters. The number of nitrogens with two attached hydrogens (primary N) is 1. The lowest BCUT2D eigenvalue weighted by molar-refractivity contribution is -0.125. The highest BCUT2D eigenvalue weighted by Gasteiger charge is 2.22. The van der Waals surface area contributed by atoms with Crippen molar-refractivity contribution in [1.82, 2.24) is 5.32 Å². The molecule has 0 aromatic heterocycles. The summed E-state index contributed by atoms with van der Waals surface area (Å²) >= 11 is 0. The second kappa shape index (κ2) is 6.52. The molecule has 0 bridgehead atoms. The number of carbonyl (C=O) groups is 2. The zero-order valence-electron chi connectivity index (χ0n) is 11.8. The smallest absolute Gasteiger partial charge is 0.246 e. The topological polar surface area (TPSA) is 75.4 Å². The van der Waals surface area contributed by atoms with Crippen LogP contribution in [-0.2, 0) is 16.0 Å². The van der Waals surface area contributed by atoms with E-state index in [0.717, 1.165) is 18.5 Å². The number of benzene rings is 1. The first-order valence-electron chi connectivity index (χ1n) is 6.98. The van der Waals surface area contributed by atoms with E-state index in [4.69, 9.17) is 5.73 Å². The zero-order chi connectivity index (χ0) is 14.5. The lowest BCUT2D eigenvalue weighted by Gasteiger charge is -2.29. The van der Waals surface area contributed by atoms with Gasteiger partial charge in [0.05, 0.1) is 6.54 Å². The van der Waals surface area contributed by atoms with Crippen LogP contribution in [0.5, 0.6) is 0 Å². The number of amides is 2. The third kappa shape index (κ3) is 3.57. The summed E-state index contributed by atoms with van der Waals surface area (Å²) in [4.78, 5) is 25.5. The summed E-state index contributed by atoms with van der Waals surface area (Å²) in [5, 5.41) is 2.63. The third-order valence-corrected chi connectivity index (χ3v) is 3.36. The van der Waals surface area contributed by atoms with Crippen molar-refractivity contribution in [2.75, 3.05) is 18.0 Å². The second-order valence-corrected chi connectivity index (χ2v) is 5.24. The first-order valence-corrected chi connectivity index (χ1v) is 6.98. The molecule has 0 radical (unpaired) electrons. The molecule has 5 heteroatoms. The molecule has 5 nitrogen and oxygen atoms in total. The molecule has 2 rings (SSSR count). The van der Waals surface area contributed by atoms with Gasteiger partial charge in [-0.1, -0.05) is 18.2 Å². The van der Waals surface area contributed by atoms with Crippen molar-refractivity contribution in [2.45, 2.75) is 32.2 Å². The molecule has 1 aromatic carbocycles. The van der Waals surface area contributed by atoms with Gasteiger partial charge in [-0.15, -0.1) is 0 Å². The highest BCUT2D eigenvalue weighted by Crippen LogP contribution is 2.26. The maximum atomic E-state index is 12.2. The summed E-state index contributed by atoms with van der Waals surface area (Å²) in [6.45, 7) is 2.50. The molecule has 0 saturated heterocycles. The number of para-hydroxylation sites is 1. The third-order valence-electron chi connectivity index (χ3n) is 3.36. The number of hydrogen-bond donors (Lipinski definition) is 2. The van der Waals surface area contributed by atoms with Crippen LogP contribution in [0.3, 0.4) is 0 Å². The minimum absolute atomic E-state index is 0.0277. The van der Waals surface area contributed by atoms with Gasteiger partial charge in [0.15, 0.2) is 0 Å². The van der Waals surface area contributed by atoms with E-state index < -0.39 is 0 Å². The number of nitrogens with zero attached hydrogens (tertiary/aromatic N) is 1. The van der Waals surface area contributed by atoms with Crippen LogP contribution in [0.4, 0.5) is 5.69 Å². The van der Waals surface area contributed by atoms with E-state index in [1.54, 1.807) is 11.8 Å². The van der Waals surface area contributed by atoms with Crippen LogP contribution < -0.4 is 16.0 Å². The summed E-state index contributed by atoms with van der Waals surface area (Å²) < 4.78 is 0. The lowest BCUT2D eigenvalue weighted by Crippen LogP contribution is -2.43. The number of rotatable bonds is 4. The van der Waals surface area contributed by atoms with E-state index >= 15 is 0 Å². The Labute approximate surface area is 119 Å². The molecule has 0 fully saturated rings. The van der Waals surface area contributed by atoms with Crippen molar-refractivity contribution < 1.29 is 9.59 Å². The number of aryl methyl sites for hydroxylation is 1. The van der Waals surface area contributed by atoms with E-state index in [1.165, 1.54) is 5.56 Å². The molecule has 3 N–H and O–H groups in total. The van der Waals surface area contributed by atoms with Crippen LogP contribution in [0, 0.1) is 0 Å². The molecule has 1 aliphatic heterocycles. The number of hydrogen-bond acceptors (Lipinski definition) is 3. The van der Waals surface area contributed by atoms with Gasteiger partial charge >= 0.3 is 0 Å². The highest BCUT2D eigenvalue weighted by atomic mass is 16.2. The predicted octanol–water partition coefficient (Wildman–Crippen LogP) is 0.819. The second-order valence-electron chi connectivity index (χ2n) is 5.24. The Bertz CT molecular complexity index is 500. The standard InChI is InChI=1S/C15H21N3O2/c1-11(16)9-14(19)17-10-15(20)18-8-4-6-12-5-2-3-7-13(12)18/h2-3,5,7,11H,4,6,8-10,16H2,1H3,(H,17,19). The van der Waals surface area contributed by atoms with Gasteiger partial charge in [-0.25, -0.2) is 0 Å². The average molecular weight is 275 g/mol. The van der Waals surface area contributed by atoms with Crippen molar-refractivity contribution in [3.8, 4) is 0 Å². The van der Waals surface area contributed by atoms with Gasteiger partial charge in [0, 0.05) is 24.7 Å². The lowest BCUT2D eigenvalue weighted by atomic mass is 10.0. The minimum atomic E-state index is -0.194. The molecule has 0 spiro atoms. The largest absolute Gasteiger partial charge is 0.347 e. The van der Waals surface area contributed by atoms with Crippen molar-refractivity contribution in [3.05, 3.63) is 29.8 Å². The molecule has 108 valence electrons. The average Bonchev–Trinajstić information content (AvgIpc) is 2.43. The highest BCUT2D eigenvalue weighted by molar-refractivity contribution is 5.97. The van der Waals surface area contributed by atoms with E-state index in [9.17, 15) is 9.59 Å². The van der Waals surface area contributed by atoms with Gasteiger partial charge in [-0.2, -0.15) is 0 Å². The zero-order valence-corrected chi connectivity index (χ0v) is 11.8. The quantitative estimate of drug-likeness (QED) is 0.854. The summed E-state index contributed by atoms with van der Waals surface area (Å²) in [7, 11) is 0. The number of anilines is 1. The minimum Gasteiger partial charge on any atom is -0.347 e. The number of carbonyl (C=O) groups excluding carboxylic acids is 2. The normalized spacial score (nSPS) is 15.4. The van der Waals surface area contributed by atoms with E-state index in [1.807, 2.05) is 24.3 Å².